The van der Waals surface area contributed by atoms with Gasteiger partial charge in [-0.3, -0.25) is 0 Å². The molecule has 0 saturated carbocycles. The van der Waals surface area contributed by atoms with Crippen molar-refractivity contribution in [2.24, 2.45) is 5.73 Å². The molecule has 0 saturated heterocycles. The first-order chi connectivity index (χ1) is 18.8. The molecule has 0 fully saturated rings. The molecule has 0 aromatic rings. The van der Waals surface area contributed by atoms with E-state index in [1.165, 1.54) is 109 Å². The number of unbranched alkanes of at least 4 members (excludes halogenated alkanes) is 15. The summed E-state index contributed by atoms with van der Waals surface area (Å²) in [5.74, 6) is 0. The molecule has 0 spiro atoms. The summed E-state index contributed by atoms with van der Waals surface area (Å²) in [6, 6.07) is 0. The Kier molecular flexibility index (Phi) is 61.0. The van der Waals surface area contributed by atoms with Gasteiger partial charge in [-0.1, -0.05) is 103 Å². The first-order valence-corrected chi connectivity index (χ1v) is 16.9. The van der Waals surface area contributed by atoms with Crippen molar-refractivity contribution in [2.75, 3.05) is 65.6 Å². The summed E-state index contributed by atoms with van der Waals surface area (Å²) in [5.41, 5.74) is 5.49. The number of hydrogen-bond donors (Lipinski definition) is 4. The van der Waals surface area contributed by atoms with Gasteiger partial charge in [-0.15, -0.1) is 49.6 Å². The van der Waals surface area contributed by atoms with E-state index in [0.29, 0.717) is 6.61 Å². The maximum absolute atomic E-state index is 5.93. The second-order valence-corrected chi connectivity index (χ2v) is 11.0. The largest absolute Gasteiger partial charge is 0.379 e. The fourth-order valence-electron chi connectivity index (χ4n) is 4.79. The van der Waals surface area contributed by atoms with Crippen molar-refractivity contribution in [1.82, 2.24) is 16.0 Å². The molecule has 0 amide bonds. The summed E-state index contributed by atoms with van der Waals surface area (Å²) in [7, 11) is 0. The molecule has 0 rings (SSSR count). The van der Waals surface area contributed by atoms with E-state index in [4.69, 9.17) is 15.2 Å². The number of hydrogen-bond acceptors (Lipinski definition) is 6. The lowest BCUT2D eigenvalue weighted by Gasteiger charge is -2.18. The van der Waals surface area contributed by atoms with Crippen LogP contribution in [-0.2, 0) is 9.47 Å². The van der Waals surface area contributed by atoms with E-state index >= 15 is 0 Å². The molecule has 0 aliphatic heterocycles. The van der Waals surface area contributed by atoms with Gasteiger partial charge in [0.05, 0.1) is 12.7 Å². The number of rotatable bonds is 34. The molecule has 10 heteroatoms. The van der Waals surface area contributed by atoms with E-state index in [1.54, 1.807) is 0 Å². The zero-order valence-corrected chi connectivity index (χ0v) is 30.9. The first-order valence-electron chi connectivity index (χ1n) is 16.9. The van der Waals surface area contributed by atoms with Gasteiger partial charge in [-0.2, -0.15) is 0 Å². The van der Waals surface area contributed by atoms with Crippen molar-refractivity contribution in [3.05, 3.63) is 0 Å². The van der Waals surface area contributed by atoms with E-state index in [0.717, 1.165) is 71.9 Å². The monoisotopic (exact) mass is 686 g/mol. The van der Waals surface area contributed by atoms with Crippen LogP contribution < -0.4 is 21.7 Å². The number of ether oxygens (including phenoxy) is 2. The summed E-state index contributed by atoms with van der Waals surface area (Å²) in [6.45, 7) is 13.6. The molecule has 5 N–H and O–H groups in total. The summed E-state index contributed by atoms with van der Waals surface area (Å²) in [4.78, 5) is 0. The number of nitrogens with two attached hydrogens (primary N) is 1. The molecule has 262 valence electrons. The predicted molar refractivity (Wildman–Crippen MR) is 196 cm³/mol. The topological polar surface area (TPSA) is 80.6 Å². The van der Waals surface area contributed by atoms with E-state index in [9.17, 15) is 0 Å². The lowest BCUT2D eigenvalue weighted by atomic mass is 10.0. The maximum atomic E-state index is 5.93. The quantitative estimate of drug-likeness (QED) is 0.0510. The molecule has 0 aromatic heterocycles. The van der Waals surface area contributed by atoms with Crippen LogP contribution in [0.5, 0.6) is 0 Å². The molecule has 0 heterocycles. The molecule has 6 nitrogen and oxygen atoms in total. The Balaban J connectivity index is -0.00000114. The van der Waals surface area contributed by atoms with E-state index < -0.39 is 0 Å². The second-order valence-electron chi connectivity index (χ2n) is 11.0. The van der Waals surface area contributed by atoms with Crippen LogP contribution in [-0.4, -0.2) is 71.7 Å². The third kappa shape index (κ3) is 45.4. The van der Waals surface area contributed by atoms with Gasteiger partial charge in [-0.25, -0.2) is 0 Å². The predicted octanol–water partition coefficient (Wildman–Crippen LogP) is 8.25. The van der Waals surface area contributed by atoms with E-state index in [1.807, 2.05) is 0 Å². The van der Waals surface area contributed by atoms with Crippen LogP contribution in [0.25, 0.3) is 0 Å². The smallest absolute Gasteiger partial charge is 0.0932 e. The average molecular weight is 689 g/mol. The molecule has 0 aromatic carbocycles. The van der Waals surface area contributed by atoms with Gasteiger partial charge >= 0.3 is 0 Å². The molecule has 0 bridgehead atoms. The molecule has 1 unspecified atom stereocenters. The minimum Gasteiger partial charge on any atom is -0.379 e. The van der Waals surface area contributed by atoms with Crippen molar-refractivity contribution < 1.29 is 9.47 Å². The highest BCUT2D eigenvalue weighted by Crippen LogP contribution is 2.13. The SMILES string of the molecule is CCCCCCCCCCCCCCCCCCOCC(CNCCCNCCCNCCCN)OCC.Cl.Cl.Cl.Cl. The third-order valence-electron chi connectivity index (χ3n) is 7.19. The van der Waals surface area contributed by atoms with Crippen LogP contribution in [0, 0.1) is 0 Å². The first kappa shape index (κ1) is 52.5. The zero-order valence-electron chi connectivity index (χ0n) is 27.6. The Morgan fingerprint density at radius 2 is 0.905 bits per heavy atom. The van der Waals surface area contributed by atoms with Crippen molar-refractivity contribution in [2.45, 2.75) is 142 Å². The van der Waals surface area contributed by atoms with E-state index in [-0.39, 0.29) is 55.7 Å². The van der Waals surface area contributed by atoms with Crippen LogP contribution in [0.1, 0.15) is 136 Å². The van der Waals surface area contributed by atoms with Crippen molar-refractivity contribution >= 4 is 49.6 Å². The number of halogens is 4. The molecular weight excluding hydrogens is 614 g/mol. The molecule has 0 radical (unpaired) electrons. The highest BCUT2D eigenvalue weighted by molar-refractivity contribution is 5.86. The third-order valence-corrected chi connectivity index (χ3v) is 7.19. The standard InChI is InChI=1S/C32H70N4O2.4ClH/c1-3-5-6-7-8-9-10-11-12-13-14-15-16-17-18-19-29-37-31-32(38-4-2)30-36-28-22-27-35-26-21-25-34-24-20-23-33;;;;/h32,34-36H,3-31,33H2,1-2H3;4*1H. The van der Waals surface area contributed by atoms with Crippen molar-refractivity contribution in [3.8, 4) is 0 Å². The van der Waals surface area contributed by atoms with Crippen LogP contribution in [0.4, 0.5) is 0 Å². The fourth-order valence-corrected chi connectivity index (χ4v) is 4.79. The lowest BCUT2D eigenvalue weighted by molar-refractivity contribution is -0.0113. The Labute approximate surface area is 287 Å². The zero-order chi connectivity index (χ0) is 27.6. The van der Waals surface area contributed by atoms with Gasteiger partial charge < -0.3 is 31.2 Å². The lowest BCUT2D eigenvalue weighted by Crippen LogP contribution is -2.34. The average Bonchev–Trinajstić information content (AvgIpc) is 2.92. The number of nitrogens with one attached hydrogen (secondary N) is 3. The normalized spacial score (nSPS) is 11.2. The maximum Gasteiger partial charge on any atom is 0.0932 e. The second kappa shape index (κ2) is 48.8. The Morgan fingerprint density at radius 1 is 0.500 bits per heavy atom. The Bertz CT molecular complexity index is 434. The summed E-state index contributed by atoms with van der Waals surface area (Å²) >= 11 is 0. The van der Waals surface area contributed by atoms with Gasteiger partial charge in [0, 0.05) is 19.8 Å². The van der Waals surface area contributed by atoms with Crippen LogP contribution in [0.3, 0.4) is 0 Å². The van der Waals surface area contributed by atoms with Crippen LogP contribution in [0.15, 0.2) is 0 Å². The summed E-state index contributed by atoms with van der Waals surface area (Å²) in [6.07, 6.45) is 26.0. The summed E-state index contributed by atoms with van der Waals surface area (Å²) < 4.78 is 11.8. The molecule has 0 aliphatic carbocycles. The van der Waals surface area contributed by atoms with Gasteiger partial charge in [-0.05, 0) is 71.9 Å². The van der Waals surface area contributed by atoms with Crippen LogP contribution >= 0.6 is 49.6 Å². The molecule has 1 atom stereocenters. The van der Waals surface area contributed by atoms with E-state index in [2.05, 4.69) is 29.8 Å². The van der Waals surface area contributed by atoms with Crippen molar-refractivity contribution in [3.63, 3.8) is 0 Å². The van der Waals surface area contributed by atoms with Crippen molar-refractivity contribution in [1.29, 1.82) is 0 Å². The van der Waals surface area contributed by atoms with Crippen LogP contribution in [0.2, 0.25) is 0 Å². The summed E-state index contributed by atoms with van der Waals surface area (Å²) in [5, 5.41) is 10.5. The molecule has 0 aliphatic rings. The van der Waals surface area contributed by atoms with Gasteiger partial charge in [0.2, 0.25) is 0 Å². The minimum atomic E-state index is 0. The highest BCUT2D eigenvalue weighted by atomic mass is 35.5. The Hall–Kier alpha value is 0.920. The van der Waals surface area contributed by atoms with Gasteiger partial charge in [0.15, 0.2) is 0 Å². The van der Waals surface area contributed by atoms with Gasteiger partial charge in [0.25, 0.3) is 0 Å². The molecular formula is C32H74Cl4N4O2. The fraction of sp³-hybridized carbons (Fsp3) is 1.00. The van der Waals surface area contributed by atoms with Gasteiger partial charge in [0.1, 0.15) is 0 Å². The highest BCUT2D eigenvalue weighted by Gasteiger charge is 2.08. The Morgan fingerprint density at radius 3 is 1.33 bits per heavy atom. The minimum absolute atomic E-state index is 0. The molecule has 42 heavy (non-hydrogen) atoms.